The molecule has 3 rings (SSSR count). The highest BCUT2D eigenvalue weighted by molar-refractivity contribution is 5.83. The molecule has 1 aromatic rings. The van der Waals surface area contributed by atoms with E-state index in [-0.39, 0.29) is 11.9 Å². The van der Waals surface area contributed by atoms with E-state index in [1.165, 1.54) is 25.8 Å². The molecule has 1 aliphatic heterocycles. The van der Waals surface area contributed by atoms with E-state index in [4.69, 9.17) is 0 Å². The summed E-state index contributed by atoms with van der Waals surface area (Å²) in [6.07, 6.45) is 7.55. The predicted molar refractivity (Wildman–Crippen MR) is 80.7 cm³/mol. The third kappa shape index (κ3) is 3.44. The van der Waals surface area contributed by atoms with Crippen molar-refractivity contribution >= 4 is 5.91 Å². The standard InChI is InChI=1S/C15H25N5O/c1-16-14(12-8-18-19(2)10-12)15(21)17-7-11-5-6-20(9-11)13-3-4-13/h8,10-11,13-14,16H,3-7,9H2,1-2H3,(H,17,21). The highest BCUT2D eigenvalue weighted by Gasteiger charge is 2.34. The molecule has 21 heavy (non-hydrogen) atoms. The number of rotatable bonds is 6. The maximum absolute atomic E-state index is 12.3. The second-order valence-electron chi connectivity index (χ2n) is 6.29. The molecule has 0 aromatic carbocycles. The Labute approximate surface area is 125 Å². The van der Waals surface area contributed by atoms with E-state index in [0.717, 1.165) is 24.7 Å². The third-order valence-electron chi connectivity index (χ3n) is 4.55. The van der Waals surface area contributed by atoms with Gasteiger partial charge in [0.25, 0.3) is 0 Å². The van der Waals surface area contributed by atoms with Gasteiger partial charge in [0.15, 0.2) is 0 Å². The maximum atomic E-state index is 12.3. The molecule has 0 bridgehead atoms. The Hall–Kier alpha value is -1.40. The fourth-order valence-corrected chi connectivity index (χ4v) is 3.19. The van der Waals surface area contributed by atoms with Gasteiger partial charge >= 0.3 is 0 Å². The molecule has 1 saturated heterocycles. The van der Waals surface area contributed by atoms with Crippen molar-refractivity contribution in [3.63, 3.8) is 0 Å². The van der Waals surface area contributed by atoms with Crippen LogP contribution in [0.25, 0.3) is 0 Å². The molecule has 1 aliphatic carbocycles. The van der Waals surface area contributed by atoms with E-state index < -0.39 is 0 Å². The van der Waals surface area contributed by atoms with E-state index in [1.54, 1.807) is 10.9 Å². The minimum Gasteiger partial charge on any atom is -0.354 e. The molecular weight excluding hydrogens is 266 g/mol. The van der Waals surface area contributed by atoms with E-state index in [1.807, 2.05) is 20.3 Å². The number of nitrogens with zero attached hydrogens (tertiary/aromatic N) is 3. The van der Waals surface area contributed by atoms with Gasteiger partial charge in [-0.2, -0.15) is 5.10 Å². The van der Waals surface area contributed by atoms with Crippen molar-refractivity contribution in [3.8, 4) is 0 Å². The Balaban J connectivity index is 1.48. The molecule has 1 aromatic heterocycles. The molecule has 2 atom stereocenters. The molecule has 1 saturated carbocycles. The first-order valence-electron chi connectivity index (χ1n) is 7.85. The predicted octanol–water partition coefficient (Wildman–Crippen LogP) is 0.281. The number of carbonyl (C=O) groups is 1. The summed E-state index contributed by atoms with van der Waals surface area (Å²) in [6.45, 7) is 3.12. The van der Waals surface area contributed by atoms with Gasteiger partial charge in [-0.15, -0.1) is 0 Å². The molecule has 6 nitrogen and oxygen atoms in total. The lowest BCUT2D eigenvalue weighted by molar-refractivity contribution is -0.123. The second kappa shape index (κ2) is 6.15. The van der Waals surface area contributed by atoms with Gasteiger partial charge in [-0.3, -0.25) is 9.48 Å². The van der Waals surface area contributed by atoms with E-state index in [2.05, 4.69) is 20.6 Å². The van der Waals surface area contributed by atoms with Crippen LogP contribution in [0.3, 0.4) is 0 Å². The summed E-state index contributed by atoms with van der Waals surface area (Å²) in [5, 5.41) is 10.3. The number of aryl methyl sites for hydroxylation is 1. The smallest absolute Gasteiger partial charge is 0.241 e. The molecule has 2 heterocycles. The summed E-state index contributed by atoms with van der Waals surface area (Å²) in [5.74, 6) is 0.635. The van der Waals surface area contributed by atoms with Crippen molar-refractivity contribution in [1.82, 2.24) is 25.3 Å². The van der Waals surface area contributed by atoms with Gasteiger partial charge in [0.1, 0.15) is 6.04 Å². The Morgan fingerprint density at radius 3 is 2.90 bits per heavy atom. The highest BCUT2D eigenvalue weighted by atomic mass is 16.2. The van der Waals surface area contributed by atoms with Crippen molar-refractivity contribution in [1.29, 1.82) is 0 Å². The number of likely N-dealkylation sites (tertiary alicyclic amines) is 1. The average Bonchev–Trinajstić information content (AvgIpc) is 3.07. The van der Waals surface area contributed by atoms with E-state index in [9.17, 15) is 4.79 Å². The van der Waals surface area contributed by atoms with Crippen LogP contribution in [0.2, 0.25) is 0 Å². The molecule has 0 radical (unpaired) electrons. The first-order chi connectivity index (χ1) is 10.2. The average molecular weight is 291 g/mol. The zero-order valence-corrected chi connectivity index (χ0v) is 12.9. The van der Waals surface area contributed by atoms with E-state index >= 15 is 0 Å². The van der Waals surface area contributed by atoms with Crippen molar-refractivity contribution in [2.45, 2.75) is 31.3 Å². The van der Waals surface area contributed by atoms with Crippen LogP contribution in [-0.2, 0) is 11.8 Å². The number of hydrogen-bond donors (Lipinski definition) is 2. The van der Waals surface area contributed by atoms with Gasteiger partial charge in [-0.1, -0.05) is 0 Å². The molecule has 116 valence electrons. The summed E-state index contributed by atoms with van der Waals surface area (Å²) in [6, 6.07) is 0.519. The lowest BCUT2D eigenvalue weighted by Crippen LogP contribution is -2.38. The number of likely N-dealkylation sites (N-methyl/N-ethyl adjacent to an activating group) is 1. The molecule has 2 N–H and O–H groups in total. The van der Waals surface area contributed by atoms with Crippen molar-refractivity contribution in [3.05, 3.63) is 18.0 Å². The van der Waals surface area contributed by atoms with Crippen LogP contribution in [0.4, 0.5) is 0 Å². The molecule has 2 fully saturated rings. The second-order valence-corrected chi connectivity index (χ2v) is 6.29. The monoisotopic (exact) mass is 291 g/mol. The van der Waals surface area contributed by atoms with Crippen LogP contribution in [-0.4, -0.2) is 53.3 Å². The van der Waals surface area contributed by atoms with Crippen LogP contribution in [0.5, 0.6) is 0 Å². The minimum atomic E-state index is -0.320. The molecule has 2 aliphatic rings. The van der Waals surface area contributed by atoms with Crippen LogP contribution < -0.4 is 10.6 Å². The SMILES string of the molecule is CNC(C(=O)NCC1CCN(C2CC2)C1)c1cnn(C)c1. The lowest BCUT2D eigenvalue weighted by Gasteiger charge is -2.18. The van der Waals surface area contributed by atoms with Gasteiger partial charge in [0.05, 0.1) is 6.20 Å². The lowest BCUT2D eigenvalue weighted by atomic mass is 10.1. The van der Waals surface area contributed by atoms with Gasteiger partial charge in [0, 0.05) is 37.9 Å². The van der Waals surface area contributed by atoms with Gasteiger partial charge in [0.2, 0.25) is 5.91 Å². The van der Waals surface area contributed by atoms with Crippen LogP contribution in [0.15, 0.2) is 12.4 Å². The first kappa shape index (κ1) is 14.5. The summed E-state index contributed by atoms with van der Waals surface area (Å²) < 4.78 is 1.72. The van der Waals surface area contributed by atoms with Gasteiger partial charge in [-0.05, 0) is 38.8 Å². The quantitative estimate of drug-likeness (QED) is 0.790. The molecule has 1 amide bonds. The number of aromatic nitrogens is 2. The van der Waals surface area contributed by atoms with E-state index in [0.29, 0.717) is 5.92 Å². The fourth-order valence-electron chi connectivity index (χ4n) is 3.19. The number of carbonyl (C=O) groups excluding carboxylic acids is 1. The number of hydrogen-bond acceptors (Lipinski definition) is 4. The highest BCUT2D eigenvalue weighted by Crippen LogP contribution is 2.31. The zero-order valence-electron chi connectivity index (χ0n) is 12.9. The Morgan fingerprint density at radius 2 is 2.29 bits per heavy atom. The van der Waals surface area contributed by atoms with Crippen LogP contribution >= 0.6 is 0 Å². The zero-order chi connectivity index (χ0) is 14.8. The summed E-state index contributed by atoms with van der Waals surface area (Å²) in [7, 11) is 3.67. The molecule has 2 unspecified atom stereocenters. The molecule has 6 heteroatoms. The summed E-state index contributed by atoms with van der Waals surface area (Å²) in [4.78, 5) is 14.9. The Kier molecular flexibility index (Phi) is 4.26. The Bertz CT molecular complexity index is 496. The van der Waals surface area contributed by atoms with Gasteiger partial charge < -0.3 is 15.5 Å². The number of nitrogens with one attached hydrogen (secondary N) is 2. The summed E-state index contributed by atoms with van der Waals surface area (Å²) in [5.41, 5.74) is 0.906. The maximum Gasteiger partial charge on any atom is 0.241 e. The Morgan fingerprint density at radius 1 is 1.48 bits per heavy atom. The topological polar surface area (TPSA) is 62.2 Å². The van der Waals surface area contributed by atoms with Crippen molar-refractivity contribution < 1.29 is 4.79 Å². The number of amides is 1. The third-order valence-corrected chi connectivity index (χ3v) is 4.55. The summed E-state index contributed by atoms with van der Waals surface area (Å²) >= 11 is 0. The van der Waals surface area contributed by atoms with Crippen LogP contribution in [0.1, 0.15) is 30.9 Å². The fraction of sp³-hybridized carbons (Fsp3) is 0.733. The first-order valence-corrected chi connectivity index (χ1v) is 7.85. The largest absolute Gasteiger partial charge is 0.354 e. The van der Waals surface area contributed by atoms with Crippen LogP contribution in [0, 0.1) is 5.92 Å². The van der Waals surface area contributed by atoms with Gasteiger partial charge in [-0.25, -0.2) is 0 Å². The minimum absolute atomic E-state index is 0.0374. The normalized spacial score (nSPS) is 24.2. The van der Waals surface area contributed by atoms with Crippen molar-refractivity contribution in [2.24, 2.45) is 13.0 Å². The molecular formula is C15H25N5O. The van der Waals surface area contributed by atoms with Crippen molar-refractivity contribution in [2.75, 3.05) is 26.7 Å². The molecule has 0 spiro atoms.